The first kappa shape index (κ1) is 17.2. The summed E-state index contributed by atoms with van der Waals surface area (Å²) in [6, 6.07) is 0.355. The van der Waals surface area contributed by atoms with Gasteiger partial charge in [-0.05, 0) is 38.0 Å². The van der Waals surface area contributed by atoms with Gasteiger partial charge in [-0.15, -0.1) is 0 Å². The molecule has 0 aliphatic rings. The minimum absolute atomic E-state index is 0.0522. The Bertz CT molecular complexity index is 632. The van der Waals surface area contributed by atoms with E-state index in [-0.39, 0.29) is 14.9 Å². The molecule has 0 aliphatic heterocycles. The normalized spacial score (nSPS) is 13.6. The van der Waals surface area contributed by atoms with Crippen LogP contribution in [0.5, 0.6) is 0 Å². The number of aryl methyl sites for hydroxylation is 1. The summed E-state index contributed by atoms with van der Waals surface area (Å²) >= 11 is 12.1. The Kier molecular flexibility index (Phi) is 5.08. The van der Waals surface area contributed by atoms with E-state index in [1.54, 1.807) is 13.0 Å². The number of nitrogens with zero attached hydrogens (tertiary/aromatic N) is 1. The van der Waals surface area contributed by atoms with Crippen LogP contribution in [0.3, 0.4) is 0 Å². The molecule has 112 valence electrons. The zero-order chi connectivity index (χ0) is 15.8. The molecule has 0 fully saturated rings. The second kappa shape index (κ2) is 5.89. The van der Waals surface area contributed by atoms with E-state index in [1.165, 1.54) is 20.9 Å². The number of aliphatic carboxylic acids is 1. The number of carbonyl (C=O) groups is 1. The molecule has 0 bridgehead atoms. The molecule has 1 aromatic carbocycles. The first-order chi connectivity index (χ1) is 9.01. The minimum atomic E-state index is -4.05. The molecule has 0 spiro atoms. The van der Waals surface area contributed by atoms with Crippen molar-refractivity contribution in [2.45, 2.75) is 31.7 Å². The van der Waals surface area contributed by atoms with Gasteiger partial charge in [-0.2, -0.15) is 4.31 Å². The molecule has 20 heavy (non-hydrogen) atoms. The summed E-state index contributed by atoms with van der Waals surface area (Å²) in [5, 5.41) is 9.26. The summed E-state index contributed by atoms with van der Waals surface area (Å²) in [5.74, 6) is -1.25. The van der Waals surface area contributed by atoms with Gasteiger partial charge in [0.2, 0.25) is 10.0 Å². The molecule has 0 saturated carbocycles. The highest BCUT2D eigenvalue weighted by Gasteiger charge is 2.33. The van der Waals surface area contributed by atoms with Gasteiger partial charge in [0, 0.05) is 12.1 Å². The lowest BCUT2D eigenvalue weighted by Gasteiger charge is -2.23. The average Bonchev–Trinajstić information content (AvgIpc) is 2.34. The minimum Gasteiger partial charge on any atom is -0.480 e. The molecular weight excluding hydrogens is 325 g/mol. The van der Waals surface area contributed by atoms with Crippen molar-refractivity contribution < 1.29 is 18.3 Å². The van der Waals surface area contributed by atoms with Crippen molar-refractivity contribution in [3.63, 3.8) is 0 Å². The maximum atomic E-state index is 12.5. The van der Waals surface area contributed by atoms with E-state index in [0.717, 1.165) is 4.31 Å². The highest BCUT2D eigenvalue weighted by atomic mass is 35.5. The molecule has 0 aromatic heterocycles. The smallest absolute Gasteiger partial charge is 0.321 e. The molecule has 0 aliphatic carbocycles. The van der Waals surface area contributed by atoms with Crippen LogP contribution < -0.4 is 0 Å². The second-order valence-corrected chi connectivity index (χ2v) is 7.20. The maximum Gasteiger partial charge on any atom is 0.321 e. The number of hydrogen-bond donors (Lipinski definition) is 1. The monoisotopic (exact) mass is 339 g/mol. The highest BCUT2D eigenvalue weighted by Crippen LogP contribution is 2.35. The lowest BCUT2D eigenvalue weighted by molar-refractivity contribution is -0.140. The quantitative estimate of drug-likeness (QED) is 0.914. The number of carboxylic acids is 1. The van der Waals surface area contributed by atoms with Crippen LogP contribution in [0.25, 0.3) is 0 Å². The van der Waals surface area contributed by atoms with Crippen molar-refractivity contribution in [3.8, 4) is 0 Å². The summed E-state index contributed by atoms with van der Waals surface area (Å²) < 4.78 is 25.9. The molecule has 0 radical (unpaired) electrons. The van der Waals surface area contributed by atoms with Crippen LogP contribution in [0.1, 0.15) is 18.1 Å². The van der Waals surface area contributed by atoms with Crippen LogP contribution in [0, 0.1) is 13.8 Å². The molecule has 5 nitrogen and oxygen atoms in total. The largest absolute Gasteiger partial charge is 0.480 e. The Morgan fingerprint density at radius 2 is 1.85 bits per heavy atom. The Balaban J connectivity index is 3.55. The average molecular weight is 340 g/mol. The number of hydrogen-bond acceptors (Lipinski definition) is 3. The van der Waals surface area contributed by atoms with Gasteiger partial charge in [0.05, 0.1) is 5.02 Å². The fourth-order valence-electron chi connectivity index (χ4n) is 1.63. The SMILES string of the molecule is Cc1cc(Cl)c(C)c(S(=O)(=O)N(C)C(C)C(=O)O)c1Cl. The van der Waals surface area contributed by atoms with Crippen LogP contribution in [0.2, 0.25) is 10.0 Å². The third-order valence-corrected chi connectivity index (χ3v) is 6.22. The third kappa shape index (κ3) is 2.93. The molecule has 1 N–H and O–H groups in total. The molecule has 8 heteroatoms. The summed E-state index contributed by atoms with van der Waals surface area (Å²) in [7, 11) is -2.86. The van der Waals surface area contributed by atoms with Gasteiger partial charge in [-0.1, -0.05) is 23.2 Å². The van der Waals surface area contributed by atoms with E-state index in [1.807, 2.05) is 0 Å². The highest BCUT2D eigenvalue weighted by molar-refractivity contribution is 7.89. The van der Waals surface area contributed by atoms with E-state index in [4.69, 9.17) is 28.3 Å². The Labute approximate surface area is 128 Å². The predicted octanol–water partition coefficient (Wildman–Crippen LogP) is 2.70. The summed E-state index contributed by atoms with van der Waals surface area (Å²) in [4.78, 5) is 10.8. The topological polar surface area (TPSA) is 74.7 Å². The van der Waals surface area contributed by atoms with E-state index in [9.17, 15) is 13.2 Å². The predicted molar refractivity (Wildman–Crippen MR) is 78.0 cm³/mol. The summed E-state index contributed by atoms with van der Waals surface area (Å²) in [5.41, 5.74) is 0.809. The molecule has 0 saturated heterocycles. The van der Waals surface area contributed by atoms with E-state index >= 15 is 0 Å². The Morgan fingerprint density at radius 3 is 2.30 bits per heavy atom. The van der Waals surface area contributed by atoms with Crippen molar-refractivity contribution >= 4 is 39.2 Å². The molecule has 0 amide bonds. The van der Waals surface area contributed by atoms with Gasteiger partial charge in [0.15, 0.2) is 0 Å². The van der Waals surface area contributed by atoms with Gasteiger partial charge >= 0.3 is 5.97 Å². The fraction of sp³-hybridized carbons (Fsp3) is 0.417. The first-order valence-corrected chi connectivity index (χ1v) is 7.87. The van der Waals surface area contributed by atoms with Crippen molar-refractivity contribution in [2.24, 2.45) is 0 Å². The zero-order valence-electron chi connectivity index (χ0n) is 11.4. The van der Waals surface area contributed by atoms with Crippen LogP contribution in [0.4, 0.5) is 0 Å². The van der Waals surface area contributed by atoms with Crippen molar-refractivity contribution in [1.29, 1.82) is 0 Å². The van der Waals surface area contributed by atoms with E-state index in [2.05, 4.69) is 0 Å². The number of likely N-dealkylation sites (N-methyl/N-ethyl adjacent to an activating group) is 1. The number of rotatable bonds is 4. The van der Waals surface area contributed by atoms with Gasteiger partial charge in [0.25, 0.3) is 0 Å². The van der Waals surface area contributed by atoms with E-state index in [0.29, 0.717) is 11.1 Å². The molecule has 1 aromatic rings. The summed E-state index contributed by atoms with van der Waals surface area (Å²) in [6.07, 6.45) is 0. The van der Waals surface area contributed by atoms with Crippen molar-refractivity contribution in [3.05, 3.63) is 27.2 Å². The Hall–Kier alpha value is -0.820. The van der Waals surface area contributed by atoms with Gasteiger partial charge in [-0.25, -0.2) is 8.42 Å². The number of benzene rings is 1. The standard InChI is InChI=1S/C12H15Cl2NO4S/c1-6-5-9(13)7(2)11(10(6)14)20(18,19)15(4)8(3)12(16)17/h5,8H,1-4H3,(H,16,17). The lowest BCUT2D eigenvalue weighted by atomic mass is 10.2. The van der Waals surface area contributed by atoms with Gasteiger partial charge in [-0.3, -0.25) is 4.79 Å². The molecular formula is C12H15Cl2NO4S. The molecule has 1 unspecified atom stereocenters. The summed E-state index contributed by atoms with van der Waals surface area (Å²) in [6.45, 7) is 4.44. The van der Waals surface area contributed by atoms with Crippen LogP contribution >= 0.6 is 23.2 Å². The van der Waals surface area contributed by atoms with Crippen LogP contribution in [0.15, 0.2) is 11.0 Å². The van der Waals surface area contributed by atoms with Crippen molar-refractivity contribution in [1.82, 2.24) is 4.31 Å². The number of halogens is 2. The first-order valence-electron chi connectivity index (χ1n) is 5.67. The zero-order valence-corrected chi connectivity index (χ0v) is 13.8. The van der Waals surface area contributed by atoms with Gasteiger partial charge in [0.1, 0.15) is 10.9 Å². The molecule has 1 atom stereocenters. The number of sulfonamides is 1. The van der Waals surface area contributed by atoms with Crippen LogP contribution in [-0.2, 0) is 14.8 Å². The van der Waals surface area contributed by atoms with E-state index < -0.39 is 22.0 Å². The Morgan fingerprint density at radius 1 is 1.35 bits per heavy atom. The van der Waals surface area contributed by atoms with Gasteiger partial charge < -0.3 is 5.11 Å². The fourth-order valence-corrected chi connectivity index (χ4v) is 4.11. The van der Waals surface area contributed by atoms with Crippen LogP contribution in [-0.4, -0.2) is 36.9 Å². The van der Waals surface area contributed by atoms with Crippen molar-refractivity contribution in [2.75, 3.05) is 7.05 Å². The maximum absolute atomic E-state index is 12.5. The molecule has 1 rings (SSSR count). The number of carboxylic acid groups (broad SMARTS) is 1. The molecule has 0 heterocycles. The lowest BCUT2D eigenvalue weighted by Crippen LogP contribution is -2.40. The second-order valence-electron chi connectivity index (χ2n) is 4.48. The third-order valence-electron chi connectivity index (χ3n) is 3.13.